The molecule has 1 aromatic heterocycles. The Labute approximate surface area is 202 Å². The highest BCUT2D eigenvalue weighted by atomic mass is 32.2. The number of sulfonamides is 1. The van der Waals surface area contributed by atoms with Gasteiger partial charge in [-0.2, -0.15) is 17.6 Å². The Morgan fingerprint density at radius 3 is 2.56 bits per heavy atom. The molecular weight excluding hydrogens is 516 g/mol. The first kappa shape index (κ1) is 27.4. The van der Waals surface area contributed by atoms with Crippen LogP contribution in [0.4, 0.5) is 17.6 Å². The molecule has 1 amide bonds. The number of primary sulfonamides is 1. The van der Waals surface area contributed by atoms with E-state index in [0.717, 1.165) is 24.3 Å². The fourth-order valence-electron chi connectivity index (χ4n) is 3.30. The van der Waals surface area contributed by atoms with E-state index in [0.29, 0.717) is 0 Å². The van der Waals surface area contributed by atoms with E-state index in [2.05, 4.69) is 4.98 Å². The van der Waals surface area contributed by atoms with Gasteiger partial charge in [0.15, 0.2) is 17.2 Å². The van der Waals surface area contributed by atoms with Crippen LogP contribution in [0.25, 0.3) is 0 Å². The summed E-state index contributed by atoms with van der Waals surface area (Å²) in [5.41, 5.74) is -0.663. The highest BCUT2D eigenvalue weighted by Gasteiger charge is 2.57. The van der Waals surface area contributed by atoms with E-state index in [1.165, 1.54) is 14.0 Å². The fraction of sp³-hybridized carbons (Fsp3) is 0.400. The van der Waals surface area contributed by atoms with Gasteiger partial charge < -0.3 is 30.4 Å². The maximum absolute atomic E-state index is 14.4. The predicted molar refractivity (Wildman–Crippen MR) is 115 cm³/mol. The van der Waals surface area contributed by atoms with E-state index in [1.54, 1.807) is 0 Å². The number of carbonyl (C=O) groups is 1. The lowest BCUT2D eigenvalue weighted by atomic mass is 9.91. The Morgan fingerprint density at radius 1 is 1.31 bits per heavy atom. The summed E-state index contributed by atoms with van der Waals surface area (Å²) in [6.45, 7) is -0.251. The number of rotatable bonds is 8. The summed E-state index contributed by atoms with van der Waals surface area (Å²) in [5, 5.41) is 17.4. The number of nitrogens with one attached hydrogen (secondary N) is 1. The van der Waals surface area contributed by atoms with Gasteiger partial charge in [0.05, 0.1) is 24.9 Å². The Balaban J connectivity index is 1.88. The van der Waals surface area contributed by atoms with Gasteiger partial charge in [-0.3, -0.25) is 4.79 Å². The van der Waals surface area contributed by atoms with Crippen LogP contribution in [0.1, 0.15) is 28.5 Å². The second-order valence-electron chi connectivity index (χ2n) is 8.21. The molecule has 2 unspecified atom stereocenters. The smallest absolute Gasteiger partial charge is 0.424 e. The van der Waals surface area contributed by atoms with Crippen molar-refractivity contribution < 1.29 is 50.1 Å². The number of aliphatic hydroxyl groups is 1. The second kappa shape index (κ2) is 9.34. The van der Waals surface area contributed by atoms with Crippen molar-refractivity contribution in [3.8, 4) is 17.2 Å². The molecule has 16 heteroatoms. The number of carbonyl (C=O) groups excluding carboxylic acids is 1. The van der Waals surface area contributed by atoms with Gasteiger partial charge in [0.1, 0.15) is 6.61 Å². The molecule has 0 fully saturated rings. The number of hydrogen-bond donors (Lipinski definition) is 4. The molecule has 2 aromatic rings. The highest BCUT2D eigenvalue weighted by Crippen LogP contribution is 2.43. The highest BCUT2D eigenvalue weighted by molar-refractivity contribution is 7.88. The molecule has 11 nitrogen and oxygen atoms in total. The van der Waals surface area contributed by atoms with Gasteiger partial charge in [-0.05, 0) is 31.2 Å². The average Bonchev–Trinajstić information content (AvgIpc) is 3.09. The molecule has 198 valence electrons. The Hall–Kier alpha value is -3.21. The van der Waals surface area contributed by atoms with Crippen molar-refractivity contribution in [3.63, 3.8) is 0 Å². The van der Waals surface area contributed by atoms with Crippen molar-refractivity contribution in [2.45, 2.75) is 24.2 Å². The van der Waals surface area contributed by atoms with E-state index < -0.39 is 63.1 Å². The number of fused-ring (bicyclic) bond motifs is 1. The Morgan fingerprint density at radius 2 is 1.97 bits per heavy atom. The first-order valence-electron chi connectivity index (χ1n) is 10.0. The lowest BCUT2D eigenvalue weighted by Crippen LogP contribution is -2.51. The maximum Gasteiger partial charge on any atom is 0.424 e. The first-order chi connectivity index (χ1) is 16.5. The van der Waals surface area contributed by atoms with Crippen LogP contribution in [0, 0.1) is 5.95 Å². The summed E-state index contributed by atoms with van der Waals surface area (Å²) in [6, 6.07) is 4.08. The summed E-state index contributed by atoms with van der Waals surface area (Å²) < 4.78 is 93.4. The number of alkyl halides is 3. The van der Waals surface area contributed by atoms with Crippen LogP contribution in [-0.2, 0) is 21.2 Å². The molecule has 0 radical (unpaired) electrons. The number of methoxy groups -OCH3 is 1. The molecule has 0 aliphatic carbocycles. The standard InChI is InChI=1S/C20H22F4N4O7S/c1-18(25)8-34-15-11(18)6-14(28-16(15)21)19(30,20(22,23)24)7-27-17(29)10-3-4-12(13(5-10)33-2)35-9-36(26,31)32/h3-6,30H,7-9,25H2,1-2H3,(H,27,29)(H2,26,31,32). The number of ether oxygens (including phenoxy) is 3. The van der Waals surface area contributed by atoms with Crippen molar-refractivity contribution in [2.24, 2.45) is 10.9 Å². The zero-order valence-corrected chi connectivity index (χ0v) is 19.7. The zero-order valence-electron chi connectivity index (χ0n) is 18.8. The third-order valence-electron chi connectivity index (χ3n) is 5.27. The fourth-order valence-corrected chi connectivity index (χ4v) is 3.59. The van der Waals surface area contributed by atoms with Crippen molar-refractivity contribution >= 4 is 15.9 Å². The minimum Gasteiger partial charge on any atom is -0.493 e. The Kier molecular flexibility index (Phi) is 7.11. The molecule has 6 N–H and O–H groups in total. The third-order valence-corrected chi connectivity index (χ3v) is 5.71. The zero-order chi connectivity index (χ0) is 27.1. The Bertz CT molecular complexity index is 1290. The molecular formula is C20H22F4N4O7S. The van der Waals surface area contributed by atoms with E-state index in [1.807, 2.05) is 5.32 Å². The van der Waals surface area contributed by atoms with Gasteiger partial charge in [-0.1, -0.05) is 0 Å². The van der Waals surface area contributed by atoms with E-state index in [4.69, 9.17) is 25.1 Å². The number of amides is 1. The average molecular weight is 538 g/mol. The molecule has 1 aliphatic heterocycles. The van der Waals surface area contributed by atoms with Gasteiger partial charge in [-0.15, -0.1) is 0 Å². The van der Waals surface area contributed by atoms with Crippen LogP contribution in [0.5, 0.6) is 17.2 Å². The molecule has 3 rings (SSSR count). The second-order valence-corrected chi connectivity index (χ2v) is 9.77. The van der Waals surface area contributed by atoms with E-state index in [-0.39, 0.29) is 29.2 Å². The molecule has 0 bridgehead atoms. The van der Waals surface area contributed by atoms with E-state index in [9.17, 15) is 35.9 Å². The monoisotopic (exact) mass is 538 g/mol. The van der Waals surface area contributed by atoms with Crippen LogP contribution in [0.2, 0.25) is 0 Å². The SMILES string of the molecule is COc1cc(C(=O)NCC(O)(c2cc3c(c(F)n2)OCC3(C)N)C(F)(F)F)ccc1OCS(N)(=O)=O. The van der Waals surface area contributed by atoms with Gasteiger partial charge in [-0.25, -0.2) is 18.5 Å². The van der Waals surface area contributed by atoms with Gasteiger partial charge in [0, 0.05) is 11.1 Å². The number of nitrogens with zero attached hydrogens (tertiary/aromatic N) is 1. The van der Waals surface area contributed by atoms with Gasteiger partial charge in [0.25, 0.3) is 11.9 Å². The van der Waals surface area contributed by atoms with Crippen LogP contribution in [0.3, 0.4) is 0 Å². The normalized spacial score (nSPS) is 19.1. The number of hydrogen-bond acceptors (Lipinski definition) is 9. The predicted octanol–water partition coefficient (Wildman–Crippen LogP) is 0.600. The summed E-state index contributed by atoms with van der Waals surface area (Å²) in [7, 11) is -2.82. The largest absolute Gasteiger partial charge is 0.493 e. The minimum atomic E-state index is -5.39. The number of aromatic nitrogens is 1. The van der Waals surface area contributed by atoms with Crippen molar-refractivity contribution in [1.82, 2.24) is 10.3 Å². The summed E-state index contributed by atoms with van der Waals surface area (Å²) in [5.74, 6) is -4.03. The summed E-state index contributed by atoms with van der Waals surface area (Å²) in [6.07, 6.45) is -5.39. The molecule has 1 aromatic carbocycles. The quantitative estimate of drug-likeness (QED) is 0.277. The molecule has 1 aliphatic rings. The lowest BCUT2D eigenvalue weighted by molar-refractivity contribution is -0.265. The van der Waals surface area contributed by atoms with Gasteiger partial charge >= 0.3 is 6.18 Å². The van der Waals surface area contributed by atoms with Crippen molar-refractivity contribution in [1.29, 1.82) is 0 Å². The number of benzene rings is 1. The van der Waals surface area contributed by atoms with Crippen LogP contribution in [0.15, 0.2) is 24.3 Å². The summed E-state index contributed by atoms with van der Waals surface area (Å²) in [4.78, 5) is 15.8. The first-order valence-corrected chi connectivity index (χ1v) is 11.7. The number of nitrogens with two attached hydrogens (primary N) is 2. The van der Waals surface area contributed by atoms with Crippen molar-refractivity contribution in [2.75, 3.05) is 26.2 Å². The molecule has 2 atom stereocenters. The van der Waals surface area contributed by atoms with Crippen molar-refractivity contribution in [3.05, 3.63) is 47.0 Å². The summed E-state index contributed by atoms with van der Waals surface area (Å²) >= 11 is 0. The maximum atomic E-state index is 14.4. The number of halogens is 4. The topological polar surface area (TPSA) is 176 Å². The molecule has 0 saturated heterocycles. The van der Waals surface area contributed by atoms with E-state index >= 15 is 0 Å². The molecule has 36 heavy (non-hydrogen) atoms. The minimum absolute atomic E-state index is 0.111. The molecule has 0 spiro atoms. The number of pyridine rings is 1. The van der Waals surface area contributed by atoms with Crippen LogP contribution < -0.4 is 30.4 Å². The molecule has 2 heterocycles. The third kappa shape index (κ3) is 5.45. The lowest BCUT2D eigenvalue weighted by Gasteiger charge is -2.31. The van der Waals surface area contributed by atoms with Crippen LogP contribution in [-0.4, -0.2) is 56.8 Å². The van der Waals surface area contributed by atoms with Crippen LogP contribution >= 0.6 is 0 Å². The van der Waals surface area contributed by atoms with Gasteiger partial charge in [0.2, 0.25) is 21.6 Å². The molecule has 0 saturated carbocycles.